The molecule has 2 aliphatic rings. The van der Waals surface area contributed by atoms with E-state index >= 15 is 0 Å². The molecule has 0 radical (unpaired) electrons. The molecule has 1 aromatic rings. The quantitative estimate of drug-likeness (QED) is 0.852. The van der Waals surface area contributed by atoms with Gasteiger partial charge >= 0.3 is 0 Å². The van der Waals surface area contributed by atoms with E-state index < -0.39 is 10.0 Å². The molecular weight excluding hydrogens is 264 g/mol. The van der Waals surface area contributed by atoms with Crippen molar-refractivity contribution in [2.45, 2.75) is 36.6 Å². The molecule has 5 nitrogen and oxygen atoms in total. The largest absolute Gasteiger partial charge is 0.348 e. The second kappa shape index (κ2) is 4.61. The summed E-state index contributed by atoms with van der Waals surface area (Å²) in [5.74, 6) is -0.114. The summed E-state index contributed by atoms with van der Waals surface area (Å²) in [5, 5.41) is 2.57. The van der Waals surface area contributed by atoms with Gasteiger partial charge in [-0.3, -0.25) is 4.79 Å². The number of rotatable bonds is 4. The second-order valence-corrected chi connectivity index (χ2v) is 7.12. The van der Waals surface area contributed by atoms with Gasteiger partial charge in [-0.15, -0.1) is 0 Å². The zero-order chi connectivity index (χ0) is 13.5. The smallest absolute Gasteiger partial charge is 0.222 e. The molecule has 0 bridgehead atoms. The summed E-state index contributed by atoms with van der Waals surface area (Å²) in [6.45, 7) is 0. The van der Waals surface area contributed by atoms with Crippen molar-refractivity contribution in [3.63, 3.8) is 0 Å². The Kier molecular flexibility index (Phi) is 3.06. The van der Waals surface area contributed by atoms with Crippen molar-refractivity contribution < 1.29 is 13.2 Å². The van der Waals surface area contributed by atoms with Gasteiger partial charge in [-0.25, -0.2) is 13.1 Å². The van der Waals surface area contributed by atoms with E-state index in [9.17, 15) is 13.2 Å². The van der Waals surface area contributed by atoms with Crippen molar-refractivity contribution >= 4 is 15.9 Å². The molecule has 1 unspecified atom stereocenters. The van der Waals surface area contributed by atoms with Crippen LogP contribution in [0.2, 0.25) is 0 Å². The highest BCUT2D eigenvalue weighted by Crippen LogP contribution is 2.30. The van der Waals surface area contributed by atoms with E-state index in [1.54, 1.807) is 0 Å². The van der Waals surface area contributed by atoms with Crippen LogP contribution in [0.5, 0.6) is 0 Å². The molecule has 0 spiro atoms. The fraction of sp³-hybridized carbons (Fsp3) is 0.462. The third kappa shape index (κ3) is 2.64. The number of benzene rings is 1. The number of hydrogen-bond donors (Lipinski definition) is 2. The van der Waals surface area contributed by atoms with Crippen molar-refractivity contribution in [3.8, 4) is 0 Å². The fourth-order valence-corrected chi connectivity index (χ4v) is 4.01. The first-order chi connectivity index (χ1) is 9.06. The molecule has 1 amide bonds. The molecule has 0 aromatic heterocycles. The van der Waals surface area contributed by atoms with Crippen molar-refractivity contribution in [2.24, 2.45) is 0 Å². The van der Waals surface area contributed by atoms with Gasteiger partial charge in [0.1, 0.15) is 0 Å². The Bertz CT molecular complexity index is 581. The summed E-state index contributed by atoms with van der Waals surface area (Å²) in [6, 6.07) is 8.79. The normalized spacial score (nSPS) is 27.3. The van der Waals surface area contributed by atoms with Crippen molar-refractivity contribution in [3.05, 3.63) is 35.9 Å². The number of carbonyl (C=O) groups is 1. The maximum atomic E-state index is 12.0. The SMILES string of the molecule is O=C1C[C@H](NS(=O)(=O)C2CC2)C(c2ccccc2)N1. The molecule has 2 N–H and O–H groups in total. The van der Waals surface area contributed by atoms with Crippen LogP contribution < -0.4 is 10.0 Å². The topological polar surface area (TPSA) is 75.3 Å². The highest BCUT2D eigenvalue weighted by Gasteiger charge is 2.41. The predicted octanol–water partition coefficient (Wildman–Crippen LogP) is 0.698. The first-order valence-electron chi connectivity index (χ1n) is 6.42. The number of carbonyl (C=O) groups excluding carboxylic acids is 1. The van der Waals surface area contributed by atoms with Crippen LogP contribution in [0, 0.1) is 0 Å². The van der Waals surface area contributed by atoms with Crippen LogP contribution in [0.3, 0.4) is 0 Å². The second-order valence-electron chi connectivity index (χ2n) is 5.13. The molecule has 2 atom stereocenters. The Hall–Kier alpha value is -1.40. The van der Waals surface area contributed by atoms with Crippen LogP contribution in [0.25, 0.3) is 0 Å². The number of hydrogen-bond acceptors (Lipinski definition) is 3. The van der Waals surface area contributed by atoms with Gasteiger partial charge in [0.25, 0.3) is 0 Å². The predicted molar refractivity (Wildman–Crippen MR) is 70.8 cm³/mol. The fourth-order valence-electron chi connectivity index (χ4n) is 2.42. The summed E-state index contributed by atoms with van der Waals surface area (Å²) in [5.41, 5.74) is 0.928. The summed E-state index contributed by atoms with van der Waals surface area (Å²) < 4.78 is 26.6. The third-order valence-corrected chi connectivity index (χ3v) is 5.54. The summed E-state index contributed by atoms with van der Waals surface area (Å²) in [7, 11) is -3.28. The Morgan fingerprint density at radius 3 is 2.47 bits per heavy atom. The minimum absolute atomic E-state index is 0.114. The molecule has 1 saturated carbocycles. The van der Waals surface area contributed by atoms with Crippen LogP contribution in [-0.2, 0) is 14.8 Å². The lowest BCUT2D eigenvalue weighted by molar-refractivity contribution is -0.119. The first-order valence-corrected chi connectivity index (χ1v) is 7.96. The van der Waals surface area contributed by atoms with Gasteiger partial charge in [0, 0.05) is 6.42 Å². The summed E-state index contributed by atoms with van der Waals surface area (Å²) in [6.07, 6.45) is 1.64. The van der Waals surface area contributed by atoms with E-state index in [2.05, 4.69) is 10.0 Å². The number of nitrogens with one attached hydrogen (secondary N) is 2. The van der Waals surface area contributed by atoms with Gasteiger partial charge in [-0.05, 0) is 18.4 Å². The van der Waals surface area contributed by atoms with E-state index in [1.807, 2.05) is 30.3 Å². The molecule has 3 rings (SSSR count). The minimum atomic E-state index is -3.28. The Morgan fingerprint density at radius 2 is 1.84 bits per heavy atom. The first kappa shape index (κ1) is 12.6. The third-order valence-electron chi connectivity index (χ3n) is 3.56. The molecule has 2 fully saturated rings. The molecular formula is C13H16N2O3S. The van der Waals surface area contributed by atoms with E-state index in [4.69, 9.17) is 0 Å². The zero-order valence-electron chi connectivity index (χ0n) is 10.4. The maximum Gasteiger partial charge on any atom is 0.222 e. The standard InChI is InChI=1S/C13H16N2O3S/c16-12-8-11(15-19(17,18)10-6-7-10)13(14-12)9-4-2-1-3-5-9/h1-5,10-11,13,15H,6-8H2,(H,14,16)/t11-,13?/m0/s1. The molecule has 1 saturated heterocycles. The lowest BCUT2D eigenvalue weighted by Gasteiger charge is -2.20. The van der Waals surface area contributed by atoms with Crippen LogP contribution in [-0.4, -0.2) is 25.6 Å². The molecule has 1 heterocycles. The van der Waals surface area contributed by atoms with Crippen molar-refractivity contribution in [1.29, 1.82) is 0 Å². The van der Waals surface area contributed by atoms with Gasteiger partial charge < -0.3 is 5.32 Å². The van der Waals surface area contributed by atoms with Gasteiger partial charge in [0.05, 0.1) is 17.3 Å². The van der Waals surface area contributed by atoms with Crippen molar-refractivity contribution in [1.82, 2.24) is 10.0 Å². The van der Waals surface area contributed by atoms with Gasteiger partial charge in [0.15, 0.2) is 0 Å². The van der Waals surface area contributed by atoms with Crippen molar-refractivity contribution in [2.75, 3.05) is 0 Å². The lowest BCUT2D eigenvalue weighted by Crippen LogP contribution is -2.40. The molecule has 6 heteroatoms. The van der Waals surface area contributed by atoms with Crippen LogP contribution in [0.15, 0.2) is 30.3 Å². The van der Waals surface area contributed by atoms with Crippen LogP contribution >= 0.6 is 0 Å². The van der Waals surface area contributed by atoms with Gasteiger partial charge in [0.2, 0.25) is 15.9 Å². The average Bonchev–Trinajstić information content (AvgIpc) is 3.16. The Morgan fingerprint density at radius 1 is 1.16 bits per heavy atom. The van der Waals surface area contributed by atoms with E-state index in [0.717, 1.165) is 18.4 Å². The molecule has 102 valence electrons. The Labute approximate surface area is 112 Å². The zero-order valence-corrected chi connectivity index (χ0v) is 11.2. The number of amides is 1. The average molecular weight is 280 g/mol. The van der Waals surface area contributed by atoms with Crippen LogP contribution in [0.4, 0.5) is 0 Å². The van der Waals surface area contributed by atoms with E-state index in [0.29, 0.717) is 0 Å². The summed E-state index contributed by atoms with van der Waals surface area (Å²) >= 11 is 0. The monoisotopic (exact) mass is 280 g/mol. The number of sulfonamides is 1. The van der Waals surface area contributed by atoms with Crippen LogP contribution in [0.1, 0.15) is 30.9 Å². The molecule has 1 aliphatic carbocycles. The highest BCUT2D eigenvalue weighted by molar-refractivity contribution is 7.90. The molecule has 1 aliphatic heterocycles. The Balaban J connectivity index is 1.81. The lowest BCUT2D eigenvalue weighted by atomic mass is 10.0. The molecule has 19 heavy (non-hydrogen) atoms. The minimum Gasteiger partial charge on any atom is -0.348 e. The summed E-state index contributed by atoms with van der Waals surface area (Å²) in [4.78, 5) is 11.6. The van der Waals surface area contributed by atoms with E-state index in [-0.39, 0.29) is 29.7 Å². The highest BCUT2D eigenvalue weighted by atomic mass is 32.2. The van der Waals surface area contributed by atoms with Gasteiger partial charge in [-0.1, -0.05) is 30.3 Å². The molecule has 1 aromatic carbocycles. The van der Waals surface area contributed by atoms with E-state index in [1.165, 1.54) is 0 Å². The maximum absolute atomic E-state index is 12.0. The van der Waals surface area contributed by atoms with Gasteiger partial charge in [-0.2, -0.15) is 0 Å².